The molecule has 0 saturated heterocycles. The van der Waals surface area contributed by atoms with Gasteiger partial charge in [0.2, 0.25) is 5.91 Å². The molecule has 0 aliphatic rings. The highest BCUT2D eigenvalue weighted by atomic mass is 32.1. The van der Waals surface area contributed by atoms with Crippen LogP contribution in [0.1, 0.15) is 12.3 Å². The predicted molar refractivity (Wildman–Crippen MR) is 113 cm³/mol. The number of hydrogen-bond donors (Lipinski definition) is 1. The third-order valence-corrected chi connectivity index (χ3v) is 5.21. The Morgan fingerprint density at radius 2 is 2.03 bits per heavy atom. The molecule has 0 aliphatic heterocycles. The highest BCUT2D eigenvalue weighted by molar-refractivity contribution is 7.14. The summed E-state index contributed by atoms with van der Waals surface area (Å²) < 4.78 is 38.2. The summed E-state index contributed by atoms with van der Waals surface area (Å²) in [6, 6.07) is 10.8. The minimum atomic E-state index is -0.487. The summed E-state index contributed by atoms with van der Waals surface area (Å²) in [4.78, 5) is 20.7. The van der Waals surface area contributed by atoms with Crippen LogP contribution in [0.4, 0.5) is 13.9 Å². The Hall–Kier alpha value is -3.59. The average Bonchev–Trinajstić information content (AvgIpc) is 3.42. The minimum absolute atomic E-state index is 0.114. The first kappa shape index (κ1) is 20.7. The molecule has 2 aromatic carbocycles. The van der Waals surface area contributed by atoms with Gasteiger partial charge in [0.1, 0.15) is 5.82 Å². The van der Waals surface area contributed by atoms with Gasteiger partial charge in [0.15, 0.2) is 28.3 Å². The SMILES string of the molecule is COc1ccc(-c2csc(NC(=O)CCc3ncc(-c4ccccc4F)o3)n2)cc1F. The summed E-state index contributed by atoms with van der Waals surface area (Å²) in [5.41, 5.74) is 1.44. The average molecular weight is 441 g/mol. The van der Waals surface area contributed by atoms with Crippen molar-refractivity contribution in [2.45, 2.75) is 12.8 Å². The lowest BCUT2D eigenvalue weighted by atomic mass is 10.1. The molecule has 31 heavy (non-hydrogen) atoms. The number of benzene rings is 2. The Morgan fingerprint density at radius 1 is 1.19 bits per heavy atom. The van der Waals surface area contributed by atoms with Crippen LogP contribution < -0.4 is 10.1 Å². The summed E-state index contributed by atoms with van der Waals surface area (Å²) in [6.07, 6.45) is 1.80. The van der Waals surface area contributed by atoms with Crippen LogP contribution in [0.15, 0.2) is 58.5 Å². The van der Waals surface area contributed by atoms with Crippen LogP contribution in [0.3, 0.4) is 0 Å². The third kappa shape index (κ3) is 4.77. The van der Waals surface area contributed by atoms with Crippen molar-refractivity contribution >= 4 is 22.4 Å². The topological polar surface area (TPSA) is 77.2 Å². The van der Waals surface area contributed by atoms with Crippen molar-refractivity contribution in [1.82, 2.24) is 9.97 Å². The molecule has 0 spiro atoms. The first-order valence-corrected chi connectivity index (χ1v) is 10.2. The molecule has 4 aromatic rings. The van der Waals surface area contributed by atoms with E-state index < -0.39 is 11.6 Å². The zero-order valence-corrected chi connectivity index (χ0v) is 17.2. The second kappa shape index (κ2) is 9.05. The summed E-state index contributed by atoms with van der Waals surface area (Å²) in [6.45, 7) is 0. The van der Waals surface area contributed by atoms with E-state index >= 15 is 0 Å². The molecular weight excluding hydrogens is 424 g/mol. The number of thiazole rings is 1. The number of halogens is 2. The van der Waals surface area contributed by atoms with Crippen molar-refractivity contribution < 1.29 is 22.7 Å². The van der Waals surface area contributed by atoms with E-state index in [1.54, 1.807) is 29.6 Å². The lowest BCUT2D eigenvalue weighted by Crippen LogP contribution is -2.12. The number of methoxy groups -OCH3 is 1. The molecule has 2 heterocycles. The zero-order valence-electron chi connectivity index (χ0n) is 16.4. The van der Waals surface area contributed by atoms with Gasteiger partial charge >= 0.3 is 0 Å². The number of aryl methyl sites for hydroxylation is 1. The second-order valence-electron chi connectivity index (χ2n) is 6.53. The highest BCUT2D eigenvalue weighted by Gasteiger charge is 2.14. The molecule has 6 nitrogen and oxygen atoms in total. The first-order valence-electron chi connectivity index (χ1n) is 9.32. The fourth-order valence-electron chi connectivity index (χ4n) is 2.90. The number of hydrogen-bond acceptors (Lipinski definition) is 6. The highest BCUT2D eigenvalue weighted by Crippen LogP contribution is 2.28. The Kier molecular flexibility index (Phi) is 6.03. The van der Waals surface area contributed by atoms with Gasteiger partial charge in [0.25, 0.3) is 0 Å². The van der Waals surface area contributed by atoms with E-state index in [-0.39, 0.29) is 24.5 Å². The van der Waals surface area contributed by atoms with E-state index in [1.165, 1.54) is 42.8 Å². The number of anilines is 1. The molecule has 4 rings (SSSR count). The molecule has 0 aliphatic carbocycles. The smallest absolute Gasteiger partial charge is 0.226 e. The normalized spacial score (nSPS) is 10.8. The molecule has 158 valence electrons. The molecule has 0 saturated carbocycles. The van der Waals surface area contributed by atoms with Crippen molar-refractivity contribution in [1.29, 1.82) is 0 Å². The van der Waals surface area contributed by atoms with E-state index in [0.29, 0.717) is 33.6 Å². The monoisotopic (exact) mass is 441 g/mol. The molecule has 0 unspecified atom stereocenters. The van der Waals surface area contributed by atoms with Gasteiger partial charge in [0.05, 0.1) is 24.6 Å². The molecule has 0 radical (unpaired) electrons. The van der Waals surface area contributed by atoms with Gasteiger partial charge in [-0.2, -0.15) is 0 Å². The standard InChI is InChI=1S/C22H17F2N3O3S/c1-29-18-7-6-13(10-16(18)24)17-12-31-22(26-17)27-20(28)8-9-21-25-11-19(30-21)14-4-2-3-5-15(14)23/h2-7,10-12H,8-9H2,1H3,(H,26,27,28). The summed E-state index contributed by atoms with van der Waals surface area (Å²) in [5.74, 6) is -0.366. The van der Waals surface area contributed by atoms with Gasteiger partial charge in [-0.05, 0) is 30.3 Å². The fraction of sp³-hybridized carbons (Fsp3) is 0.136. The van der Waals surface area contributed by atoms with Crippen LogP contribution in [0, 0.1) is 11.6 Å². The number of nitrogens with zero attached hydrogens (tertiary/aromatic N) is 2. The van der Waals surface area contributed by atoms with Gasteiger partial charge in [-0.15, -0.1) is 11.3 Å². The third-order valence-electron chi connectivity index (χ3n) is 4.46. The second-order valence-corrected chi connectivity index (χ2v) is 7.39. The Balaban J connectivity index is 1.35. The number of oxazole rings is 1. The molecule has 2 aromatic heterocycles. The summed E-state index contributed by atoms with van der Waals surface area (Å²) in [7, 11) is 1.40. The van der Waals surface area contributed by atoms with Gasteiger partial charge in [-0.25, -0.2) is 18.7 Å². The van der Waals surface area contributed by atoms with Gasteiger partial charge in [-0.1, -0.05) is 12.1 Å². The van der Waals surface area contributed by atoms with E-state index in [9.17, 15) is 13.6 Å². The number of nitrogens with one attached hydrogen (secondary N) is 1. The van der Waals surface area contributed by atoms with Crippen molar-refractivity contribution in [3.8, 4) is 28.3 Å². The Morgan fingerprint density at radius 3 is 2.81 bits per heavy atom. The number of amides is 1. The van der Waals surface area contributed by atoms with E-state index in [1.807, 2.05) is 0 Å². The number of aromatic nitrogens is 2. The van der Waals surface area contributed by atoms with E-state index in [2.05, 4.69) is 15.3 Å². The minimum Gasteiger partial charge on any atom is -0.494 e. The molecule has 9 heteroatoms. The van der Waals surface area contributed by atoms with Crippen LogP contribution in [-0.2, 0) is 11.2 Å². The molecule has 0 atom stereocenters. The largest absolute Gasteiger partial charge is 0.494 e. The Labute approximate surface area is 180 Å². The molecule has 1 N–H and O–H groups in total. The quantitative estimate of drug-likeness (QED) is 0.420. The first-order chi connectivity index (χ1) is 15.0. The lowest BCUT2D eigenvalue weighted by Gasteiger charge is -2.03. The van der Waals surface area contributed by atoms with E-state index in [0.717, 1.165) is 0 Å². The van der Waals surface area contributed by atoms with Gasteiger partial charge in [-0.3, -0.25) is 4.79 Å². The fourth-order valence-corrected chi connectivity index (χ4v) is 3.64. The molecule has 1 amide bonds. The van der Waals surface area contributed by atoms with Crippen molar-refractivity contribution in [2.24, 2.45) is 0 Å². The van der Waals surface area contributed by atoms with Gasteiger partial charge in [0, 0.05) is 23.8 Å². The molecular formula is C22H17F2N3O3S. The van der Waals surface area contributed by atoms with Gasteiger partial charge < -0.3 is 14.5 Å². The van der Waals surface area contributed by atoms with Crippen molar-refractivity contribution in [2.75, 3.05) is 12.4 Å². The Bertz CT molecular complexity index is 1220. The maximum atomic E-state index is 13.9. The number of carbonyl (C=O) groups excluding carboxylic acids is 1. The van der Waals surface area contributed by atoms with E-state index in [4.69, 9.17) is 9.15 Å². The van der Waals surface area contributed by atoms with Crippen LogP contribution in [0.5, 0.6) is 5.75 Å². The molecule has 0 bridgehead atoms. The zero-order chi connectivity index (χ0) is 21.8. The van der Waals surface area contributed by atoms with Crippen LogP contribution in [-0.4, -0.2) is 23.0 Å². The van der Waals surface area contributed by atoms with Crippen LogP contribution in [0.25, 0.3) is 22.6 Å². The number of rotatable bonds is 7. The summed E-state index contributed by atoms with van der Waals surface area (Å²) >= 11 is 1.24. The maximum absolute atomic E-state index is 13.9. The van der Waals surface area contributed by atoms with Crippen molar-refractivity contribution in [3.63, 3.8) is 0 Å². The number of ether oxygens (including phenoxy) is 1. The molecule has 0 fully saturated rings. The summed E-state index contributed by atoms with van der Waals surface area (Å²) in [5, 5.41) is 4.83. The maximum Gasteiger partial charge on any atom is 0.226 e. The van der Waals surface area contributed by atoms with Crippen LogP contribution in [0.2, 0.25) is 0 Å². The lowest BCUT2D eigenvalue weighted by molar-refractivity contribution is -0.116. The van der Waals surface area contributed by atoms with Crippen molar-refractivity contribution in [3.05, 3.63) is 71.6 Å². The van der Waals surface area contributed by atoms with Crippen LogP contribution >= 0.6 is 11.3 Å². The number of carbonyl (C=O) groups is 1. The predicted octanol–water partition coefficient (Wildman–Crippen LogP) is 5.32.